The predicted molar refractivity (Wildman–Crippen MR) is 86.9 cm³/mol. The van der Waals surface area contributed by atoms with E-state index in [1.165, 1.54) is 0 Å². The average Bonchev–Trinajstić information content (AvgIpc) is 2.43. The molecule has 1 aliphatic rings. The second kappa shape index (κ2) is 8.55. The summed E-state index contributed by atoms with van der Waals surface area (Å²) < 4.78 is 48.4. The molecule has 0 aromatic carbocycles. The van der Waals surface area contributed by atoms with Crippen LogP contribution in [0.5, 0.6) is 0 Å². The van der Waals surface area contributed by atoms with E-state index in [9.17, 15) is 22.0 Å². The molecule has 0 bridgehead atoms. The third-order valence-corrected chi connectivity index (χ3v) is 5.47. The fraction of sp³-hybridized carbons (Fsp3) is 0.923. The van der Waals surface area contributed by atoms with Crippen LogP contribution in [0.25, 0.3) is 0 Å². The molecule has 0 spiro atoms. The van der Waals surface area contributed by atoms with Crippen LogP contribution in [-0.4, -0.2) is 50.1 Å². The third-order valence-electron chi connectivity index (χ3n) is 3.94. The van der Waals surface area contributed by atoms with Gasteiger partial charge in [0.25, 0.3) is 10.0 Å². The number of piperidine rings is 1. The molecule has 0 aromatic heterocycles. The monoisotopic (exact) mass is 377 g/mol. The van der Waals surface area contributed by atoms with Crippen LogP contribution in [-0.2, 0) is 14.8 Å². The van der Waals surface area contributed by atoms with Crippen LogP contribution in [0.4, 0.5) is 8.78 Å². The molecule has 1 heterocycles. The van der Waals surface area contributed by atoms with Crippen LogP contribution in [0.2, 0.25) is 0 Å². The first-order valence-electron chi connectivity index (χ1n) is 7.26. The Labute approximate surface area is 142 Å². The molecule has 3 N–H and O–H groups in total. The maximum absolute atomic E-state index is 12.4. The van der Waals surface area contributed by atoms with E-state index in [-0.39, 0.29) is 42.7 Å². The number of amides is 1. The summed E-state index contributed by atoms with van der Waals surface area (Å²) in [5, 5.41) is 2.75. The lowest BCUT2D eigenvalue weighted by atomic mass is 9.87. The lowest BCUT2D eigenvalue weighted by Crippen LogP contribution is -2.50. The number of nitrogens with two attached hydrogens (primary N) is 1. The summed E-state index contributed by atoms with van der Waals surface area (Å²) in [5.74, 6) is -3.57. The molecular weight excluding hydrogens is 352 g/mol. The van der Waals surface area contributed by atoms with Crippen molar-refractivity contribution < 1.29 is 22.0 Å². The number of carbonyl (C=O) groups excluding carboxylic acids is 1. The number of halogens is 3. The van der Waals surface area contributed by atoms with E-state index in [1.54, 1.807) is 0 Å². The second-order valence-corrected chi connectivity index (χ2v) is 8.64. The van der Waals surface area contributed by atoms with E-state index >= 15 is 0 Å². The zero-order chi connectivity index (χ0) is 17.1. The third kappa shape index (κ3) is 6.13. The summed E-state index contributed by atoms with van der Waals surface area (Å²) in [6, 6.07) is -0.633. The maximum Gasteiger partial charge on any atom is 0.350 e. The first-order chi connectivity index (χ1) is 9.96. The Bertz CT molecular complexity index is 489. The zero-order valence-corrected chi connectivity index (χ0v) is 15.2. The van der Waals surface area contributed by atoms with E-state index < -0.39 is 21.8 Å². The largest absolute Gasteiger partial charge is 0.354 e. The SMILES string of the molecule is CC(C)(C)[C@H](N)C(=O)NCC1CCN(S(=O)(=O)C(F)F)CC1.Cl. The Morgan fingerprint density at radius 3 is 2.17 bits per heavy atom. The van der Waals surface area contributed by atoms with Crippen molar-refractivity contribution in [2.45, 2.75) is 45.4 Å². The highest BCUT2D eigenvalue weighted by molar-refractivity contribution is 7.89. The van der Waals surface area contributed by atoms with Crippen molar-refractivity contribution in [3.63, 3.8) is 0 Å². The highest BCUT2D eigenvalue weighted by Crippen LogP contribution is 2.22. The van der Waals surface area contributed by atoms with Crippen molar-refractivity contribution in [2.24, 2.45) is 17.1 Å². The number of hydrogen-bond donors (Lipinski definition) is 2. The van der Waals surface area contributed by atoms with Crippen LogP contribution < -0.4 is 11.1 Å². The van der Waals surface area contributed by atoms with Gasteiger partial charge in [0.15, 0.2) is 0 Å². The van der Waals surface area contributed by atoms with Gasteiger partial charge in [0.05, 0.1) is 6.04 Å². The first kappa shape index (κ1) is 22.5. The molecular formula is C13H26ClF2N3O3S. The van der Waals surface area contributed by atoms with Gasteiger partial charge in [-0.05, 0) is 24.2 Å². The fourth-order valence-corrected chi connectivity index (χ4v) is 3.17. The minimum Gasteiger partial charge on any atom is -0.354 e. The molecule has 1 saturated heterocycles. The Morgan fingerprint density at radius 1 is 1.30 bits per heavy atom. The number of sulfonamides is 1. The van der Waals surface area contributed by atoms with Gasteiger partial charge < -0.3 is 11.1 Å². The van der Waals surface area contributed by atoms with E-state index in [0.717, 1.165) is 4.31 Å². The van der Waals surface area contributed by atoms with Crippen LogP contribution in [0.3, 0.4) is 0 Å². The number of nitrogens with zero attached hydrogens (tertiary/aromatic N) is 1. The highest BCUT2D eigenvalue weighted by Gasteiger charge is 2.35. The maximum atomic E-state index is 12.4. The second-order valence-electron chi connectivity index (χ2n) is 6.74. The van der Waals surface area contributed by atoms with Crippen LogP contribution in [0.1, 0.15) is 33.6 Å². The predicted octanol–water partition coefficient (Wildman–Crippen LogP) is 1.16. The number of hydrogen-bond acceptors (Lipinski definition) is 4. The molecule has 1 amide bonds. The quantitative estimate of drug-likeness (QED) is 0.752. The number of carbonyl (C=O) groups is 1. The van der Waals surface area contributed by atoms with Gasteiger partial charge in [-0.25, -0.2) is 8.42 Å². The van der Waals surface area contributed by atoms with Crippen molar-refractivity contribution in [2.75, 3.05) is 19.6 Å². The first-order valence-corrected chi connectivity index (χ1v) is 8.77. The standard InChI is InChI=1S/C13H25F2N3O3S.ClH/c1-13(2,3)10(16)11(19)17-8-9-4-6-18(7-5-9)22(20,21)12(14)15;/h9-10,12H,4-8,16H2,1-3H3,(H,17,19);1H/t10-;/m1./s1. The van der Waals surface area contributed by atoms with Crippen LogP contribution in [0, 0.1) is 11.3 Å². The molecule has 0 radical (unpaired) electrons. The van der Waals surface area contributed by atoms with Gasteiger partial charge in [-0.1, -0.05) is 20.8 Å². The highest BCUT2D eigenvalue weighted by atomic mass is 35.5. The average molecular weight is 378 g/mol. The Morgan fingerprint density at radius 2 is 1.78 bits per heavy atom. The Kier molecular flexibility index (Phi) is 8.36. The van der Waals surface area contributed by atoms with E-state index in [4.69, 9.17) is 5.73 Å². The molecule has 138 valence electrons. The minimum absolute atomic E-state index is 0. The van der Waals surface area contributed by atoms with E-state index in [2.05, 4.69) is 5.32 Å². The number of rotatable bonds is 5. The van der Waals surface area contributed by atoms with Gasteiger partial charge in [-0.3, -0.25) is 4.79 Å². The summed E-state index contributed by atoms with van der Waals surface area (Å²) in [4.78, 5) is 11.9. The number of nitrogens with one attached hydrogen (secondary N) is 1. The lowest BCUT2D eigenvalue weighted by molar-refractivity contribution is -0.124. The topological polar surface area (TPSA) is 92.5 Å². The minimum atomic E-state index is -4.49. The fourth-order valence-electron chi connectivity index (χ4n) is 2.23. The molecule has 0 aromatic rings. The molecule has 1 aliphatic heterocycles. The van der Waals surface area contributed by atoms with Crippen molar-refractivity contribution in [1.82, 2.24) is 9.62 Å². The zero-order valence-electron chi connectivity index (χ0n) is 13.6. The van der Waals surface area contributed by atoms with Gasteiger partial charge >= 0.3 is 5.76 Å². The van der Waals surface area contributed by atoms with Gasteiger partial charge in [0.2, 0.25) is 5.91 Å². The smallest absolute Gasteiger partial charge is 0.350 e. The van der Waals surface area contributed by atoms with Gasteiger partial charge in [-0.2, -0.15) is 13.1 Å². The summed E-state index contributed by atoms with van der Waals surface area (Å²) in [7, 11) is -4.49. The van der Waals surface area contributed by atoms with Gasteiger partial charge in [-0.15, -0.1) is 12.4 Å². The van der Waals surface area contributed by atoms with E-state index in [1.807, 2.05) is 20.8 Å². The van der Waals surface area contributed by atoms with E-state index in [0.29, 0.717) is 19.4 Å². The number of alkyl halides is 2. The molecule has 0 saturated carbocycles. The molecule has 1 atom stereocenters. The normalized spacial score (nSPS) is 19.3. The molecule has 1 rings (SSSR count). The van der Waals surface area contributed by atoms with Crippen molar-refractivity contribution >= 4 is 28.3 Å². The molecule has 0 unspecified atom stereocenters. The summed E-state index contributed by atoms with van der Waals surface area (Å²) in [6.45, 7) is 6.09. The summed E-state index contributed by atoms with van der Waals surface area (Å²) in [6.07, 6.45) is 0.883. The van der Waals surface area contributed by atoms with Gasteiger partial charge in [0, 0.05) is 19.6 Å². The molecule has 23 heavy (non-hydrogen) atoms. The summed E-state index contributed by atoms with van der Waals surface area (Å²) >= 11 is 0. The molecule has 6 nitrogen and oxygen atoms in total. The Hall–Kier alpha value is -0.510. The molecule has 10 heteroatoms. The van der Waals surface area contributed by atoms with Gasteiger partial charge in [0.1, 0.15) is 0 Å². The molecule has 1 fully saturated rings. The lowest BCUT2D eigenvalue weighted by Gasteiger charge is -2.32. The molecule has 0 aliphatic carbocycles. The van der Waals surface area contributed by atoms with Crippen molar-refractivity contribution in [1.29, 1.82) is 0 Å². The summed E-state index contributed by atoms with van der Waals surface area (Å²) in [5.41, 5.74) is 5.49. The Balaban J connectivity index is 0.00000484. The van der Waals surface area contributed by atoms with Crippen LogP contribution in [0.15, 0.2) is 0 Å². The van der Waals surface area contributed by atoms with Crippen molar-refractivity contribution in [3.8, 4) is 0 Å². The van der Waals surface area contributed by atoms with Crippen molar-refractivity contribution in [3.05, 3.63) is 0 Å². The van der Waals surface area contributed by atoms with Crippen LogP contribution >= 0.6 is 12.4 Å².